The van der Waals surface area contributed by atoms with Crippen LogP contribution in [0.15, 0.2) is 18.2 Å². The molecule has 1 heterocycles. The zero-order valence-electron chi connectivity index (χ0n) is 14.2. The number of carbonyl (C=O) groups excluding carboxylic acids is 3. The van der Waals surface area contributed by atoms with E-state index in [1.165, 1.54) is 56.7 Å². The summed E-state index contributed by atoms with van der Waals surface area (Å²) >= 11 is 0. The Hall–Kier alpha value is -2.17. The van der Waals surface area contributed by atoms with Crippen LogP contribution in [0.25, 0.3) is 0 Å². The van der Waals surface area contributed by atoms with Gasteiger partial charge in [-0.3, -0.25) is 14.9 Å². The van der Waals surface area contributed by atoms with Crippen LogP contribution in [0.2, 0.25) is 0 Å². The number of hydrogen-bond donors (Lipinski definition) is 1. The van der Waals surface area contributed by atoms with Crippen LogP contribution in [0.3, 0.4) is 0 Å². The number of esters is 1. The lowest BCUT2D eigenvalue weighted by atomic mass is 10.1. The van der Waals surface area contributed by atoms with Gasteiger partial charge in [0.1, 0.15) is 0 Å². The maximum absolute atomic E-state index is 12.0. The van der Waals surface area contributed by atoms with Gasteiger partial charge in [0.05, 0.1) is 23.3 Å². The minimum absolute atomic E-state index is 0.238. The molecule has 1 aromatic carbocycles. The normalized spacial score (nSPS) is 12.9. The number of nitrogens with one attached hydrogen (secondary N) is 1. The molecular weight excluding hydrogens is 306 g/mol. The number of imide groups is 1. The highest BCUT2D eigenvalue weighted by atomic mass is 16.5. The summed E-state index contributed by atoms with van der Waals surface area (Å²) in [5, 5.41) is 2.20. The first-order chi connectivity index (χ1) is 11.6. The predicted molar refractivity (Wildman–Crippen MR) is 91.1 cm³/mol. The first-order valence-corrected chi connectivity index (χ1v) is 8.80. The predicted octanol–water partition coefficient (Wildman–Crippen LogP) is 3.87. The lowest BCUT2D eigenvalue weighted by Gasteiger charge is -2.06. The van der Waals surface area contributed by atoms with Crippen molar-refractivity contribution in [2.45, 2.75) is 58.3 Å². The highest BCUT2D eigenvalue weighted by Crippen LogP contribution is 2.18. The molecule has 2 rings (SSSR count). The molecule has 0 spiro atoms. The van der Waals surface area contributed by atoms with E-state index in [-0.39, 0.29) is 5.56 Å². The lowest BCUT2D eigenvalue weighted by molar-refractivity contribution is 0.0497. The van der Waals surface area contributed by atoms with E-state index in [1.54, 1.807) is 0 Å². The maximum atomic E-state index is 12.0. The largest absolute Gasteiger partial charge is 0.462 e. The van der Waals surface area contributed by atoms with Crippen LogP contribution in [-0.2, 0) is 4.74 Å². The van der Waals surface area contributed by atoms with Crippen molar-refractivity contribution in [1.82, 2.24) is 5.32 Å². The Kier molecular flexibility index (Phi) is 6.97. The molecule has 0 aromatic heterocycles. The van der Waals surface area contributed by atoms with E-state index in [4.69, 9.17) is 4.74 Å². The molecule has 130 valence electrons. The summed E-state index contributed by atoms with van der Waals surface area (Å²) in [4.78, 5) is 35.1. The van der Waals surface area contributed by atoms with Gasteiger partial charge in [0, 0.05) is 0 Å². The number of ether oxygens (including phenoxy) is 1. The summed E-state index contributed by atoms with van der Waals surface area (Å²) in [5.74, 6) is -1.34. The number of benzene rings is 1. The first kappa shape index (κ1) is 18.2. The summed E-state index contributed by atoms with van der Waals surface area (Å²) < 4.78 is 5.24. The molecule has 0 atom stereocenters. The van der Waals surface area contributed by atoms with Crippen molar-refractivity contribution >= 4 is 17.8 Å². The van der Waals surface area contributed by atoms with Gasteiger partial charge >= 0.3 is 5.97 Å². The molecule has 0 fully saturated rings. The quantitative estimate of drug-likeness (QED) is 0.401. The topological polar surface area (TPSA) is 72.5 Å². The van der Waals surface area contributed by atoms with Crippen LogP contribution in [-0.4, -0.2) is 24.4 Å². The molecule has 1 aromatic rings. The summed E-state index contributed by atoms with van der Waals surface area (Å²) in [6, 6.07) is 4.43. The van der Waals surface area contributed by atoms with Gasteiger partial charge in [0.2, 0.25) is 0 Å². The molecule has 0 unspecified atom stereocenters. The van der Waals surface area contributed by atoms with Crippen molar-refractivity contribution in [2.75, 3.05) is 6.61 Å². The number of unbranched alkanes of at least 4 members (excludes halogenated alkanes) is 7. The Morgan fingerprint density at radius 2 is 1.54 bits per heavy atom. The van der Waals surface area contributed by atoms with Gasteiger partial charge in [0.15, 0.2) is 0 Å². The van der Waals surface area contributed by atoms with Crippen LogP contribution >= 0.6 is 0 Å². The standard InChI is InChI=1S/C19H25NO4/c1-2-3-4-5-6-7-8-9-12-24-19(23)14-10-11-15-16(13-14)18(22)20-17(15)21/h10-11,13H,2-9,12H2,1H3,(H,20,21,22). The lowest BCUT2D eigenvalue weighted by Crippen LogP contribution is -2.19. The van der Waals surface area contributed by atoms with E-state index in [9.17, 15) is 14.4 Å². The van der Waals surface area contributed by atoms with Gasteiger partial charge in [-0.25, -0.2) is 4.79 Å². The Bertz CT molecular complexity index is 609. The molecule has 1 aliphatic heterocycles. The zero-order valence-corrected chi connectivity index (χ0v) is 14.2. The van der Waals surface area contributed by atoms with Crippen molar-refractivity contribution in [3.63, 3.8) is 0 Å². The fourth-order valence-electron chi connectivity index (χ4n) is 2.78. The van der Waals surface area contributed by atoms with Crippen LogP contribution in [0, 0.1) is 0 Å². The number of hydrogen-bond acceptors (Lipinski definition) is 4. The summed E-state index contributed by atoms with van der Waals surface area (Å²) in [6.45, 7) is 2.59. The van der Waals surface area contributed by atoms with Crippen molar-refractivity contribution in [3.8, 4) is 0 Å². The first-order valence-electron chi connectivity index (χ1n) is 8.80. The second-order valence-corrected chi connectivity index (χ2v) is 6.15. The van der Waals surface area contributed by atoms with Gasteiger partial charge < -0.3 is 4.74 Å². The van der Waals surface area contributed by atoms with Gasteiger partial charge in [-0.15, -0.1) is 0 Å². The van der Waals surface area contributed by atoms with E-state index in [1.807, 2.05) is 0 Å². The van der Waals surface area contributed by atoms with Crippen molar-refractivity contribution in [1.29, 1.82) is 0 Å². The molecular formula is C19H25NO4. The van der Waals surface area contributed by atoms with E-state index in [0.29, 0.717) is 17.7 Å². The summed E-state index contributed by atoms with van der Waals surface area (Å²) in [5.41, 5.74) is 0.847. The Balaban J connectivity index is 1.68. The third-order valence-corrected chi connectivity index (χ3v) is 4.20. The molecule has 0 saturated carbocycles. The molecule has 24 heavy (non-hydrogen) atoms. The highest BCUT2D eigenvalue weighted by Gasteiger charge is 2.27. The average molecular weight is 331 g/mol. The molecule has 1 N–H and O–H groups in total. The summed E-state index contributed by atoms with van der Waals surface area (Å²) in [6.07, 6.45) is 9.47. The Morgan fingerprint density at radius 3 is 2.25 bits per heavy atom. The second-order valence-electron chi connectivity index (χ2n) is 6.15. The molecule has 0 aliphatic carbocycles. The van der Waals surface area contributed by atoms with Crippen molar-refractivity contribution in [3.05, 3.63) is 34.9 Å². The average Bonchev–Trinajstić information content (AvgIpc) is 2.87. The minimum atomic E-state index is -0.465. The van der Waals surface area contributed by atoms with Crippen LogP contribution in [0.4, 0.5) is 0 Å². The smallest absolute Gasteiger partial charge is 0.338 e. The molecule has 0 bridgehead atoms. The van der Waals surface area contributed by atoms with Crippen LogP contribution in [0.5, 0.6) is 0 Å². The van der Waals surface area contributed by atoms with Crippen molar-refractivity contribution in [2.24, 2.45) is 0 Å². The molecule has 0 saturated heterocycles. The monoisotopic (exact) mass is 331 g/mol. The Labute approximate surface area is 142 Å². The highest BCUT2D eigenvalue weighted by molar-refractivity contribution is 6.22. The maximum Gasteiger partial charge on any atom is 0.338 e. The molecule has 2 amide bonds. The SMILES string of the molecule is CCCCCCCCCCOC(=O)c1ccc2c(c1)C(=O)NC2=O. The second kappa shape index (κ2) is 9.21. The van der Waals surface area contributed by atoms with E-state index in [0.717, 1.165) is 12.8 Å². The zero-order chi connectivity index (χ0) is 17.4. The van der Waals surface area contributed by atoms with Gasteiger partial charge in [-0.1, -0.05) is 51.9 Å². The van der Waals surface area contributed by atoms with Crippen LogP contribution < -0.4 is 5.32 Å². The van der Waals surface area contributed by atoms with Crippen LogP contribution in [0.1, 0.15) is 89.4 Å². The van der Waals surface area contributed by atoms with Gasteiger partial charge in [-0.2, -0.15) is 0 Å². The number of amides is 2. The molecule has 1 aliphatic rings. The number of carbonyl (C=O) groups is 3. The van der Waals surface area contributed by atoms with E-state index in [2.05, 4.69) is 12.2 Å². The van der Waals surface area contributed by atoms with E-state index < -0.39 is 17.8 Å². The van der Waals surface area contributed by atoms with E-state index >= 15 is 0 Å². The van der Waals surface area contributed by atoms with Crippen molar-refractivity contribution < 1.29 is 19.1 Å². The molecule has 5 nitrogen and oxygen atoms in total. The number of fused-ring (bicyclic) bond motifs is 1. The van der Waals surface area contributed by atoms with Gasteiger partial charge in [-0.05, 0) is 24.6 Å². The fraction of sp³-hybridized carbons (Fsp3) is 0.526. The third-order valence-electron chi connectivity index (χ3n) is 4.20. The minimum Gasteiger partial charge on any atom is -0.462 e. The summed E-state index contributed by atoms with van der Waals surface area (Å²) in [7, 11) is 0. The Morgan fingerprint density at radius 1 is 0.917 bits per heavy atom. The van der Waals surface area contributed by atoms with Gasteiger partial charge in [0.25, 0.3) is 11.8 Å². The third kappa shape index (κ3) is 4.91. The molecule has 0 radical (unpaired) electrons. The number of rotatable bonds is 10. The fourth-order valence-corrected chi connectivity index (χ4v) is 2.78. The molecule has 5 heteroatoms.